The summed E-state index contributed by atoms with van der Waals surface area (Å²) in [6, 6.07) is 3.65. The van der Waals surface area contributed by atoms with Gasteiger partial charge in [0.2, 0.25) is 5.91 Å². The number of halogens is 1. The topological polar surface area (TPSA) is 111 Å². The Morgan fingerprint density at radius 2 is 2.04 bits per heavy atom. The molecule has 1 aromatic rings. The summed E-state index contributed by atoms with van der Waals surface area (Å²) in [5.41, 5.74) is -0.0881. The number of nitrogens with zero attached hydrogens (tertiary/aromatic N) is 1. The fourth-order valence-corrected chi connectivity index (χ4v) is 1.94. The second kappa shape index (κ2) is 8.44. The summed E-state index contributed by atoms with van der Waals surface area (Å²) in [6.07, 6.45) is 2.37. The summed E-state index contributed by atoms with van der Waals surface area (Å²) in [7, 11) is 1.18. The molecular weight excluding hydrogens is 326 g/mol. The molecule has 23 heavy (non-hydrogen) atoms. The lowest BCUT2D eigenvalue weighted by molar-refractivity contribution is -0.384. The number of carbonyl (C=O) groups excluding carboxylic acids is 2. The van der Waals surface area contributed by atoms with E-state index >= 15 is 0 Å². The molecule has 0 spiro atoms. The van der Waals surface area contributed by atoms with Crippen LogP contribution in [-0.4, -0.2) is 37.0 Å². The van der Waals surface area contributed by atoms with Crippen LogP contribution in [-0.2, 0) is 9.53 Å². The number of methoxy groups -OCH3 is 1. The molecule has 1 amide bonds. The van der Waals surface area contributed by atoms with Gasteiger partial charge < -0.3 is 15.4 Å². The van der Waals surface area contributed by atoms with Crippen LogP contribution in [0, 0.1) is 16.0 Å². The third-order valence-corrected chi connectivity index (χ3v) is 3.25. The second-order valence-electron chi connectivity index (χ2n) is 5.14. The molecule has 1 aliphatic rings. The summed E-state index contributed by atoms with van der Waals surface area (Å²) in [5, 5.41) is 16.4. The van der Waals surface area contributed by atoms with Gasteiger partial charge in [0.25, 0.3) is 5.69 Å². The van der Waals surface area contributed by atoms with Crippen molar-refractivity contribution in [1.29, 1.82) is 0 Å². The van der Waals surface area contributed by atoms with Gasteiger partial charge in [0, 0.05) is 17.8 Å². The van der Waals surface area contributed by atoms with Crippen molar-refractivity contribution in [2.75, 3.05) is 25.5 Å². The monoisotopic (exact) mass is 343 g/mol. The molecule has 1 saturated carbocycles. The molecule has 2 rings (SSSR count). The smallest absolute Gasteiger partial charge is 0.338 e. The molecule has 0 unspecified atom stereocenters. The lowest BCUT2D eigenvalue weighted by Gasteiger charge is -2.08. The second-order valence-corrected chi connectivity index (χ2v) is 5.14. The van der Waals surface area contributed by atoms with Crippen molar-refractivity contribution < 1.29 is 19.2 Å². The van der Waals surface area contributed by atoms with E-state index in [0.717, 1.165) is 12.6 Å². The highest BCUT2D eigenvalue weighted by molar-refractivity contribution is 5.96. The van der Waals surface area contributed by atoms with Crippen LogP contribution in [0.1, 0.15) is 23.2 Å². The molecule has 9 heteroatoms. The van der Waals surface area contributed by atoms with Gasteiger partial charge in [-0.2, -0.15) is 0 Å². The van der Waals surface area contributed by atoms with Crippen LogP contribution in [0.15, 0.2) is 18.2 Å². The maximum atomic E-state index is 11.8. The maximum Gasteiger partial charge on any atom is 0.338 e. The predicted octanol–water partition coefficient (Wildman–Crippen LogP) is 1.74. The largest absolute Gasteiger partial charge is 0.465 e. The summed E-state index contributed by atoms with van der Waals surface area (Å²) in [5.74, 6) is -0.375. The van der Waals surface area contributed by atoms with E-state index in [1.807, 2.05) is 0 Å². The molecule has 1 fully saturated rings. The number of benzene rings is 1. The van der Waals surface area contributed by atoms with Gasteiger partial charge in [-0.15, -0.1) is 12.4 Å². The first-order valence-corrected chi connectivity index (χ1v) is 6.88. The van der Waals surface area contributed by atoms with Gasteiger partial charge in [0.1, 0.15) is 0 Å². The minimum Gasteiger partial charge on any atom is -0.465 e. The molecule has 0 radical (unpaired) electrons. The molecule has 1 aromatic carbocycles. The normalized spacial score (nSPS) is 12.9. The van der Waals surface area contributed by atoms with Crippen LogP contribution in [0.5, 0.6) is 0 Å². The van der Waals surface area contributed by atoms with E-state index in [1.54, 1.807) is 0 Å². The zero-order valence-corrected chi connectivity index (χ0v) is 13.4. The molecular formula is C14H18ClN3O5. The Hall–Kier alpha value is -2.19. The van der Waals surface area contributed by atoms with E-state index < -0.39 is 10.9 Å². The first-order valence-electron chi connectivity index (χ1n) is 6.88. The van der Waals surface area contributed by atoms with E-state index in [-0.39, 0.29) is 41.8 Å². The highest BCUT2D eigenvalue weighted by Crippen LogP contribution is 2.27. The van der Waals surface area contributed by atoms with Gasteiger partial charge in [-0.1, -0.05) is 0 Å². The van der Waals surface area contributed by atoms with Gasteiger partial charge in [-0.05, 0) is 31.4 Å². The highest BCUT2D eigenvalue weighted by atomic mass is 35.5. The van der Waals surface area contributed by atoms with Crippen molar-refractivity contribution in [3.05, 3.63) is 33.9 Å². The van der Waals surface area contributed by atoms with E-state index in [2.05, 4.69) is 15.4 Å². The molecule has 8 nitrogen and oxygen atoms in total. The minimum absolute atomic E-state index is 0. The van der Waals surface area contributed by atoms with E-state index in [4.69, 9.17) is 0 Å². The maximum absolute atomic E-state index is 11.8. The fraction of sp³-hybridized carbons (Fsp3) is 0.429. The molecule has 0 heterocycles. The van der Waals surface area contributed by atoms with Crippen LogP contribution >= 0.6 is 12.4 Å². The standard InChI is InChI=1S/C14H17N3O5.ClH/c1-22-14(19)10-4-11(6-12(5-10)17(20)21)16-13(18)8-15-7-9-2-3-9;/h4-6,9,15H,2-3,7-8H2,1H3,(H,16,18);1H. The lowest BCUT2D eigenvalue weighted by atomic mass is 10.1. The summed E-state index contributed by atoms with van der Waals surface area (Å²) < 4.78 is 4.54. The summed E-state index contributed by atoms with van der Waals surface area (Å²) in [6.45, 7) is 0.905. The number of amides is 1. The molecule has 1 aliphatic carbocycles. The van der Waals surface area contributed by atoms with Crippen LogP contribution < -0.4 is 10.6 Å². The van der Waals surface area contributed by atoms with Gasteiger partial charge in [-0.3, -0.25) is 14.9 Å². The molecule has 2 N–H and O–H groups in total. The zero-order chi connectivity index (χ0) is 16.1. The van der Waals surface area contributed by atoms with Crippen molar-refractivity contribution in [3.63, 3.8) is 0 Å². The van der Waals surface area contributed by atoms with Crippen LogP contribution in [0.4, 0.5) is 11.4 Å². The molecule has 126 valence electrons. The first-order chi connectivity index (χ1) is 10.5. The van der Waals surface area contributed by atoms with E-state index in [1.165, 1.54) is 32.1 Å². The number of esters is 1. The first kappa shape index (κ1) is 18.9. The average molecular weight is 344 g/mol. The Labute approximate surface area is 139 Å². The van der Waals surface area contributed by atoms with Crippen molar-refractivity contribution in [1.82, 2.24) is 5.32 Å². The van der Waals surface area contributed by atoms with Gasteiger partial charge in [-0.25, -0.2) is 4.79 Å². The number of nitro benzene ring substituents is 1. The molecule has 0 bridgehead atoms. The number of carbonyl (C=O) groups is 2. The third-order valence-electron chi connectivity index (χ3n) is 3.25. The molecule has 0 atom stereocenters. The van der Waals surface area contributed by atoms with Crippen LogP contribution in [0.3, 0.4) is 0 Å². The summed E-state index contributed by atoms with van der Waals surface area (Å²) in [4.78, 5) is 33.5. The Kier molecular flexibility index (Phi) is 6.92. The van der Waals surface area contributed by atoms with Crippen molar-refractivity contribution in [2.24, 2.45) is 5.92 Å². The number of nitrogens with one attached hydrogen (secondary N) is 2. The van der Waals surface area contributed by atoms with Crippen LogP contribution in [0.2, 0.25) is 0 Å². The Balaban J connectivity index is 0.00000264. The molecule has 0 saturated heterocycles. The Morgan fingerprint density at radius 1 is 1.35 bits per heavy atom. The quantitative estimate of drug-likeness (QED) is 0.443. The minimum atomic E-state index is -0.703. The van der Waals surface area contributed by atoms with Gasteiger partial charge in [0.15, 0.2) is 0 Å². The number of anilines is 1. The number of hydrogen-bond acceptors (Lipinski definition) is 6. The molecule has 0 aromatic heterocycles. The van der Waals surface area contributed by atoms with Crippen molar-refractivity contribution in [3.8, 4) is 0 Å². The Morgan fingerprint density at radius 3 is 2.61 bits per heavy atom. The number of ether oxygens (including phenoxy) is 1. The lowest BCUT2D eigenvalue weighted by Crippen LogP contribution is -2.29. The SMILES string of the molecule is COC(=O)c1cc(NC(=O)CNCC2CC2)cc([N+](=O)[O-])c1.Cl. The van der Waals surface area contributed by atoms with Gasteiger partial charge >= 0.3 is 5.97 Å². The zero-order valence-electron chi connectivity index (χ0n) is 12.5. The van der Waals surface area contributed by atoms with Crippen molar-refractivity contribution >= 4 is 35.7 Å². The number of hydrogen-bond donors (Lipinski definition) is 2. The number of rotatable bonds is 7. The Bertz CT molecular complexity index is 604. The third kappa shape index (κ3) is 5.84. The molecule has 0 aliphatic heterocycles. The number of non-ortho nitro benzene ring substituents is 1. The van der Waals surface area contributed by atoms with Gasteiger partial charge in [0.05, 0.1) is 24.1 Å². The average Bonchev–Trinajstić information content (AvgIpc) is 3.30. The predicted molar refractivity (Wildman–Crippen MR) is 85.9 cm³/mol. The highest BCUT2D eigenvalue weighted by Gasteiger charge is 2.21. The fourth-order valence-electron chi connectivity index (χ4n) is 1.94. The van der Waals surface area contributed by atoms with E-state index in [9.17, 15) is 19.7 Å². The number of nitro groups is 1. The van der Waals surface area contributed by atoms with E-state index in [0.29, 0.717) is 5.92 Å². The summed E-state index contributed by atoms with van der Waals surface area (Å²) >= 11 is 0. The van der Waals surface area contributed by atoms with Crippen molar-refractivity contribution in [2.45, 2.75) is 12.8 Å². The van der Waals surface area contributed by atoms with Crippen LogP contribution in [0.25, 0.3) is 0 Å².